The topological polar surface area (TPSA) is 39.4 Å². The van der Waals surface area contributed by atoms with Crippen LogP contribution >= 0.6 is 0 Å². The quantitative estimate of drug-likeness (QED) is 0.706. The van der Waals surface area contributed by atoms with Gasteiger partial charge in [0.2, 0.25) is 0 Å². The van der Waals surface area contributed by atoms with Crippen molar-refractivity contribution < 1.29 is 13.9 Å². The minimum Gasteiger partial charge on any atom is -0.493 e. The van der Waals surface area contributed by atoms with Crippen LogP contribution in [-0.2, 0) is 0 Å². The molecule has 0 aliphatic carbocycles. The number of carbonyl (C=O) groups is 1. The van der Waals surface area contributed by atoms with Crippen LogP contribution in [0.4, 0.5) is 0 Å². The SMILES string of the molecule is COc1ccc(C(C)=O)c2cc(C)oc12. The maximum Gasteiger partial charge on any atom is 0.176 e. The summed E-state index contributed by atoms with van der Waals surface area (Å²) in [7, 11) is 1.58. The molecule has 0 radical (unpaired) electrons. The average molecular weight is 204 g/mol. The second-order valence-electron chi connectivity index (χ2n) is 3.47. The molecule has 1 heterocycles. The maximum absolute atomic E-state index is 11.4. The molecule has 2 rings (SSSR count). The summed E-state index contributed by atoms with van der Waals surface area (Å²) in [5.74, 6) is 1.46. The molecule has 0 N–H and O–H groups in total. The van der Waals surface area contributed by atoms with E-state index >= 15 is 0 Å². The van der Waals surface area contributed by atoms with E-state index in [1.54, 1.807) is 26.2 Å². The van der Waals surface area contributed by atoms with Crippen LogP contribution in [0, 0.1) is 6.92 Å². The first kappa shape index (κ1) is 9.77. The summed E-state index contributed by atoms with van der Waals surface area (Å²) < 4.78 is 10.7. The van der Waals surface area contributed by atoms with Crippen molar-refractivity contribution in [1.29, 1.82) is 0 Å². The number of aryl methyl sites for hydroxylation is 1. The molecule has 0 atom stereocenters. The number of hydrogen-bond donors (Lipinski definition) is 0. The molecule has 0 fully saturated rings. The number of fused-ring (bicyclic) bond motifs is 1. The molecule has 0 aliphatic heterocycles. The van der Waals surface area contributed by atoms with Crippen LogP contribution in [0.1, 0.15) is 23.0 Å². The van der Waals surface area contributed by atoms with Crippen LogP contribution in [0.15, 0.2) is 22.6 Å². The average Bonchev–Trinajstić information content (AvgIpc) is 2.56. The van der Waals surface area contributed by atoms with E-state index in [1.807, 2.05) is 13.0 Å². The summed E-state index contributed by atoms with van der Waals surface area (Å²) >= 11 is 0. The Morgan fingerprint density at radius 1 is 1.40 bits per heavy atom. The third-order valence-corrected chi connectivity index (χ3v) is 2.37. The van der Waals surface area contributed by atoms with E-state index in [0.717, 1.165) is 11.1 Å². The van der Waals surface area contributed by atoms with Gasteiger partial charge in [-0.3, -0.25) is 4.79 Å². The smallest absolute Gasteiger partial charge is 0.176 e. The Morgan fingerprint density at radius 3 is 2.73 bits per heavy atom. The lowest BCUT2D eigenvalue weighted by atomic mass is 10.1. The van der Waals surface area contributed by atoms with Crippen molar-refractivity contribution in [3.63, 3.8) is 0 Å². The van der Waals surface area contributed by atoms with E-state index < -0.39 is 0 Å². The normalized spacial score (nSPS) is 10.6. The molecule has 0 saturated heterocycles. The first-order valence-corrected chi connectivity index (χ1v) is 4.71. The Morgan fingerprint density at radius 2 is 2.13 bits per heavy atom. The zero-order valence-electron chi connectivity index (χ0n) is 8.96. The molecule has 0 saturated carbocycles. The fourth-order valence-electron chi connectivity index (χ4n) is 1.69. The van der Waals surface area contributed by atoms with Gasteiger partial charge in [0.25, 0.3) is 0 Å². The van der Waals surface area contributed by atoms with E-state index in [9.17, 15) is 4.79 Å². The lowest BCUT2D eigenvalue weighted by Gasteiger charge is -2.02. The third kappa shape index (κ3) is 1.50. The van der Waals surface area contributed by atoms with Crippen molar-refractivity contribution in [1.82, 2.24) is 0 Å². The maximum atomic E-state index is 11.4. The van der Waals surface area contributed by atoms with Crippen molar-refractivity contribution >= 4 is 16.8 Å². The van der Waals surface area contributed by atoms with Gasteiger partial charge in [0.1, 0.15) is 5.76 Å². The van der Waals surface area contributed by atoms with Crippen molar-refractivity contribution in [2.75, 3.05) is 7.11 Å². The van der Waals surface area contributed by atoms with Crippen LogP contribution in [0.25, 0.3) is 11.0 Å². The summed E-state index contributed by atoms with van der Waals surface area (Å²) in [5, 5.41) is 0.819. The lowest BCUT2D eigenvalue weighted by Crippen LogP contribution is -1.93. The molecule has 15 heavy (non-hydrogen) atoms. The standard InChI is InChI=1S/C12H12O3/c1-7-6-10-9(8(2)13)4-5-11(14-3)12(10)15-7/h4-6H,1-3H3. The van der Waals surface area contributed by atoms with Crippen LogP contribution in [-0.4, -0.2) is 12.9 Å². The molecule has 0 aliphatic rings. The molecular formula is C12H12O3. The molecule has 0 spiro atoms. The lowest BCUT2D eigenvalue weighted by molar-refractivity contribution is 0.101. The molecule has 2 aromatic rings. The summed E-state index contributed by atoms with van der Waals surface area (Å²) in [6.07, 6.45) is 0. The number of carbonyl (C=O) groups excluding carboxylic acids is 1. The highest BCUT2D eigenvalue weighted by atomic mass is 16.5. The summed E-state index contributed by atoms with van der Waals surface area (Å²) in [4.78, 5) is 11.4. The van der Waals surface area contributed by atoms with Gasteiger partial charge in [0.15, 0.2) is 17.1 Å². The van der Waals surface area contributed by atoms with Gasteiger partial charge in [-0.15, -0.1) is 0 Å². The van der Waals surface area contributed by atoms with E-state index in [1.165, 1.54) is 0 Å². The molecule has 78 valence electrons. The molecular weight excluding hydrogens is 192 g/mol. The van der Waals surface area contributed by atoms with Crippen LogP contribution < -0.4 is 4.74 Å². The molecule has 0 unspecified atom stereocenters. The number of rotatable bonds is 2. The monoisotopic (exact) mass is 204 g/mol. The Kier molecular flexibility index (Phi) is 2.23. The minimum atomic E-state index is 0.0310. The largest absolute Gasteiger partial charge is 0.493 e. The van der Waals surface area contributed by atoms with Crippen molar-refractivity contribution in [3.8, 4) is 5.75 Å². The van der Waals surface area contributed by atoms with E-state index in [2.05, 4.69) is 0 Å². The predicted octanol–water partition coefficient (Wildman–Crippen LogP) is 2.95. The van der Waals surface area contributed by atoms with Crippen molar-refractivity contribution in [3.05, 3.63) is 29.5 Å². The van der Waals surface area contributed by atoms with Gasteiger partial charge in [0, 0.05) is 10.9 Å². The van der Waals surface area contributed by atoms with Gasteiger partial charge in [-0.2, -0.15) is 0 Å². The van der Waals surface area contributed by atoms with Gasteiger partial charge in [0.05, 0.1) is 7.11 Å². The molecule has 0 bridgehead atoms. The Labute approximate surface area is 87.6 Å². The van der Waals surface area contributed by atoms with Gasteiger partial charge < -0.3 is 9.15 Å². The van der Waals surface area contributed by atoms with Crippen molar-refractivity contribution in [2.45, 2.75) is 13.8 Å². The molecule has 3 nitrogen and oxygen atoms in total. The van der Waals surface area contributed by atoms with Gasteiger partial charge in [-0.1, -0.05) is 0 Å². The van der Waals surface area contributed by atoms with E-state index in [4.69, 9.17) is 9.15 Å². The van der Waals surface area contributed by atoms with Gasteiger partial charge in [-0.25, -0.2) is 0 Å². The van der Waals surface area contributed by atoms with Crippen LogP contribution in [0.3, 0.4) is 0 Å². The number of ether oxygens (including phenoxy) is 1. The number of benzene rings is 1. The Bertz CT molecular complexity index is 523. The number of ketones is 1. The molecule has 1 aromatic heterocycles. The number of Topliss-reactive ketones (excluding diaryl/α,β-unsaturated/α-hetero) is 1. The second-order valence-corrected chi connectivity index (χ2v) is 3.47. The number of methoxy groups -OCH3 is 1. The minimum absolute atomic E-state index is 0.0310. The Hall–Kier alpha value is -1.77. The highest BCUT2D eigenvalue weighted by Gasteiger charge is 2.13. The molecule has 0 amide bonds. The van der Waals surface area contributed by atoms with E-state index in [0.29, 0.717) is 16.9 Å². The fourth-order valence-corrected chi connectivity index (χ4v) is 1.69. The molecule has 3 heteroatoms. The van der Waals surface area contributed by atoms with Crippen LogP contribution in [0.2, 0.25) is 0 Å². The highest BCUT2D eigenvalue weighted by Crippen LogP contribution is 2.31. The Balaban J connectivity index is 2.82. The van der Waals surface area contributed by atoms with E-state index in [-0.39, 0.29) is 5.78 Å². The van der Waals surface area contributed by atoms with Gasteiger partial charge >= 0.3 is 0 Å². The number of hydrogen-bond acceptors (Lipinski definition) is 3. The zero-order chi connectivity index (χ0) is 11.0. The number of furan rings is 1. The van der Waals surface area contributed by atoms with Crippen LogP contribution in [0.5, 0.6) is 5.75 Å². The second kappa shape index (κ2) is 3.42. The summed E-state index contributed by atoms with van der Waals surface area (Å²) in [6.45, 7) is 3.40. The predicted molar refractivity (Wildman–Crippen MR) is 57.5 cm³/mol. The van der Waals surface area contributed by atoms with Crippen molar-refractivity contribution in [2.24, 2.45) is 0 Å². The zero-order valence-corrected chi connectivity index (χ0v) is 8.96. The highest BCUT2D eigenvalue weighted by molar-refractivity contribution is 6.07. The first-order chi connectivity index (χ1) is 7.13. The fraction of sp³-hybridized carbons (Fsp3) is 0.250. The molecule has 1 aromatic carbocycles. The summed E-state index contributed by atoms with van der Waals surface area (Å²) in [6, 6.07) is 5.37. The third-order valence-electron chi connectivity index (χ3n) is 2.37. The first-order valence-electron chi connectivity index (χ1n) is 4.71. The van der Waals surface area contributed by atoms with Gasteiger partial charge in [-0.05, 0) is 32.0 Å². The summed E-state index contributed by atoms with van der Waals surface area (Å²) in [5.41, 5.74) is 1.31.